The Morgan fingerprint density at radius 2 is 2.33 bits per heavy atom. The van der Waals surface area contributed by atoms with Crippen molar-refractivity contribution in [2.75, 3.05) is 19.8 Å². The zero-order valence-electron chi connectivity index (χ0n) is 5.34. The second-order valence-electron chi connectivity index (χ2n) is 1.92. The first kappa shape index (κ1) is 6.99. The Balaban J connectivity index is 1.71. The molecular weight excluding hydrogens is 120 g/mol. The molecule has 0 N–H and O–H groups in total. The van der Waals surface area contributed by atoms with Crippen molar-refractivity contribution in [3.05, 3.63) is 6.92 Å². The molecule has 1 fully saturated rings. The van der Waals surface area contributed by atoms with Crippen LogP contribution < -0.4 is 0 Å². The van der Waals surface area contributed by atoms with E-state index in [0.29, 0.717) is 13.2 Å². The molecule has 1 radical (unpaired) electrons. The third-order valence-electron chi connectivity index (χ3n) is 0.967. The number of epoxide rings is 1. The van der Waals surface area contributed by atoms with Crippen LogP contribution in [0.25, 0.3) is 0 Å². The Labute approximate surface area is 54.8 Å². The fourth-order valence-electron chi connectivity index (χ4n) is 0.406. The van der Waals surface area contributed by atoms with Gasteiger partial charge in [0.05, 0.1) is 13.2 Å². The Kier molecular flexibility index (Phi) is 2.97. The third kappa shape index (κ3) is 3.46. The van der Waals surface area contributed by atoms with Crippen molar-refractivity contribution in [2.24, 2.45) is 0 Å². The van der Waals surface area contributed by atoms with E-state index in [1.165, 1.54) is 0 Å². The Bertz CT molecular complexity index is 70.7. The van der Waals surface area contributed by atoms with E-state index < -0.39 is 0 Å². The minimum atomic E-state index is 0.287. The molecule has 3 heteroatoms. The summed E-state index contributed by atoms with van der Waals surface area (Å²) in [5, 5.41) is 0. The lowest BCUT2D eigenvalue weighted by Crippen LogP contribution is -2.02. The molecule has 0 aromatic heterocycles. The average molecular weight is 131 g/mol. The fraction of sp³-hybridized carbons (Fsp3) is 0.833. The summed E-state index contributed by atoms with van der Waals surface area (Å²) in [6.07, 6.45) is 1.03. The minimum absolute atomic E-state index is 0.287. The second kappa shape index (κ2) is 3.82. The number of hydrogen-bond acceptors (Lipinski definition) is 3. The van der Waals surface area contributed by atoms with Crippen LogP contribution in [0.4, 0.5) is 0 Å². The van der Waals surface area contributed by atoms with E-state index in [-0.39, 0.29) is 6.10 Å². The molecule has 0 aliphatic carbocycles. The van der Waals surface area contributed by atoms with Crippen LogP contribution >= 0.6 is 0 Å². The van der Waals surface area contributed by atoms with E-state index in [9.17, 15) is 0 Å². The van der Waals surface area contributed by atoms with Gasteiger partial charge in [-0.25, -0.2) is 9.78 Å². The van der Waals surface area contributed by atoms with Gasteiger partial charge in [-0.05, 0) is 6.42 Å². The van der Waals surface area contributed by atoms with Gasteiger partial charge in [-0.2, -0.15) is 0 Å². The Morgan fingerprint density at radius 3 is 2.89 bits per heavy atom. The van der Waals surface area contributed by atoms with E-state index in [1.807, 2.05) is 0 Å². The normalized spacial score (nSPS) is 24.3. The van der Waals surface area contributed by atoms with Crippen LogP contribution in [-0.4, -0.2) is 25.9 Å². The van der Waals surface area contributed by atoms with Gasteiger partial charge in [0.15, 0.2) is 0 Å². The number of rotatable bonds is 5. The quantitative estimate of drug-likeness (QED) is 0.236. The summed E-state index contributed by atoms with van der Waals surface area (Å²) in [5.41, 5.74) is 0. The SMILES string of the molecule is [CH2]CCOOCC1CO1. The molecule has 0 saturated carbocycles. The molecule has 3 nitrogen and oxygen atoms in total. The largest absolute Gasteiger partial charge is 0.370 e. The van der Waals surface area contributed by atoms with Crippen LogP contribution in [0.1, 0.15) is 6.42 Å². The first-order chi connectivity index (χ1) is 4.43. The topological polar surface area (TPSA) is 31.0 Å². The van der Waals surface area contributed by atoms with Crippen LogP contribution in [0.5, 0.6) is 0 Å². The Morgan fingerprint density at radius 1 is 1.56 bits per heavy atom. The molecule has 0 aromatic rings. The van der Waals surface area contributed by atoms with E-state index in [2.05, 4.69) is 6.92 Å². The minimum Gasteiger partial charge on any atom is -0.370 e. The molecule has 53 valence electrons. The van der Waals surface area contributed by atoms with Gasteiger partial charge >= 0.3 is 0 Å². The van der Waals surface area contributed by atoms with E-state index >= 15 is 0 Å². The molecule has 1 heterocycles. The summed E-state index contributed by atoms with van der Waals surface area (Å²) < 4.78 is 4.87. The zero-order chi connectivity index (χ0) is 6.53. The molecule has 9 heavy (non-hydrogen) atoms. The molecule has 1 aliphatic rings. The highest BCUT2D eigenvalue weighted by Crippen LogP contribution is 2.08. The summed E-state index contributed by atoms with van der Waals surface area (Å²) in [4.78, 5) is 9.42. The van der Waals surface area contributed by atoms with E-state index in [4.69, 9.17) is 14.5 Å². The lowest BCUT2D eigenvalue weighted by molar-refractivity contribution is -0.295. The second-order valence-corrected chi connectivity index (χ2v) is 1.92. The van der Waals surface area contributed by atoms with Crippen LogP contribution in [0.3, 0.4) is 0 Å². The molecule has 1 rings (SSSR count). The predicted octanol–water partition coefficient (Wildman–Crippen LogP) is 0.558. The molecule has 0 bridgehead atoms. The van der Waals surface area contributed by atoms with Crippen molar-refractivity contribution in [1.82, 2.24) is 0 Å². The van der Waals surface area contributed by atoms with Gasteiger partial charge in [0.2, 0.25) is 0 Å². The van der Waals surface area contributed by atoms with Crippen LogP contribution in [0, 0.1) is 6.92 Å². The highest BCUT2D eigenvalue weighted by Gasteiger charge is 2.22. The Hall–Kier alpha value is -0.120. The molecule has 1 saturated heterocycles. The van der Waals surface area contributed by atoms with Gasteiger partial charge in [0, 0.05) is 0 Å². The molecule has 0 spiro atoms. The van der Waals surface area contributed by atoms with Crippen LogP contribution in [-0.2, 0) is 14.5 Å². The van der Waals surface area contributed by atoms with Gasteiger partial charge < -0.3 is 4.74 Å². The van der Waals surface area contributed by atoms with Crippen LogP contribution in [0.15, 0.2) is 0 Å². The lowest BCUT2D eigenvalue weighted by Gasteiger charge is -1.97. The first-order valence-electron chi connectivity index (χ1n) is 3.08. The van der Waals surface area contributed by atoms with Crippen molar-refractivity contribution in [1.29, 1.82) is 0 Å². The third-order valence-corrected chi connectivity index (χ3v) is 0.967. The van der Waals surface area contributed by atoms with Gasteiger partial charge in [0.1, 0.15) is 12.7 Å². The molecule has 1 unspecified atom stereocenters. The maximum absolute atomic E-state index is 4.87. The number of ether oxygens (including phenoxy) is 1. The molecular formula is C6H11O3. The zero-order valence-corrected chi connectivity index (χ0v) is 5.34. The first-order valence-corrected chi connectivity index (χ1v) is 3.08. The van der Waals surface area contributed by atoms with E-state index in [1.54, 1.807) is 0 Å². The maximum Gasteiger partial charge on any atom is 0.111 e. The van der Waals surface area contributed by atoms with Gasteiger partial charge in [0.25, 0.3) is 0 Å². The van der Waals surface area contributed by atoms with Gasteiger partial charge in [-0.15, -0.1) is 0 Å². The van der Waals surface area contributed by atoms with Crippen molar-refractivity contribution < 1.29 is 14.5 Å². The predicted molar refractivity (Wildman–Crippen MR) is 31.6 cm³/mol. The summed E-state index contributed by atoms with van der Waals surface area (Å²) in [6, 6.07) is 0. The molecule has 1 aliphatic heterocycles. The van der Waals surface area contributed by atoms with Crippen molar-refractivity contribution in [3.8, 4) is 0 Å². The number of hydrogen-bond donors (Lipinski definition) is 0. The van der Waals surface area contributed by atoms with Crippen LogP contribution in [0.2, 0.25) is 0 Å². The fourth-order valence-corrected chi connectivity index (χ4v) is 0.406. The molecule has 0 amide bonds. The maximum atomic E-state index is 4.87. The van der Waals surface area contributed by atoms with Crippen molar-refractivity contribution >= 4 is 0 Å². The van der Waals surface area contributed by atoms with Crippen molar-refractivity contribution in [3.63, 3.8) is 0 Å². The average Bonchev–Trinajstić information content (AvgIpc) is 2.63. The summed E-state index contributed by atoms with van der Waals surface area (Å²) in [7, 11) is 0. The van der Waals surface area contributed by atoms with Gasteiger partial charge in [-0.1, -0.05) is 6.92 Å². The highest BCUT2D eigenvalue weighted by atomic mass is 17.2. The summed E-state index contributed by atoms with van der Waals surface area (Å²) in [5.74, 6) is 0. The summed E-state index contributed by atoms with van der Waals surface area (Å²) >= 11 is 0. The summed E-state index contributed by atoms with van der Waals surface area (Å²) in [6.45, 7) is 5.51. The molecule has 1 atom stereocenters. The van der Waals surface area contributed by atoms with Gasteiger partial charge in [-0.3, -0.25) is 0 Å². The molecule has 0 aromatic carbocycles. The van der Waals surface area contributed by atoms with E-state index in [0.717, 1.165) is 13.0 Å². The smallest absolute Gasteiger partial charge is 0.111 e. The van der Waals surface area contributed by atoms with Crippen molar-refractivity contribution in [2.45, 2.75) is 12.5 Å². The standard InChI is InChI=1S/C6H11O3/c1-2-3-8-9-5-6-4-7-6/h6H,1-5H2. The highest BCUT2D eigenvalue weighted by molar-refractivity contribution is 4.65. The monoisotopic (exact) mass is 131 g/mol. The lowest BCUT2D eigenvalue weighted by atomic mass is 10.5.